The number of rotatable bonds is 3. The fraction of sp³-hybridized carbons (Fsp3) is 0.545. The van der Waals surface area contributed by atoms with Gasteiger partial charge in [0.05, 0.1) is 0 Å². The Balaban J connectivity index is 2.21. The van der Waals surface area contributed by atoms with Crippen LogP contribution in [0.2, 0.25) is 0 Å². The van der Waals surface area contributed by atoms with Gasteiger partial charge in [-0.05, 0) is 12.2 Å². The first kappa shape index (κ1) is 12.0. The van der Waals surface area contributed by atoms with Crippen molar-refractivity contribution in [3.8, 4) is 0 Å². The molecule has 2 rings (SSSR count). The average Bonchev–Trinajstić information content (AvgIpc) is 2.83. The van der Waals surface area contributed by atoms with Crippen LogP contribution in [0.1, 0.15) is 32.3 Å². The Morgan fingerprint density at radius 2 is 2.24 bits per heavy atom. The first-order valence-electron chi connectivity index (χ1n) is 5.52. The molecule has 1 N–H and O–H groups in total. The Kier molecular flexibility index (Phi) is 3.15. The first-order chi connectivity index (χ1) is 7.98. The van der Waals surface area contributed by atoms with E-state index in [4.69, 9.17) is 16.7 Å². The van der Waals surface area contributed by atoms with Crippen molar-refractivity contribution in [1.29, 1.82) is 0 Å². The zero-order valence-corrected chi connectivity index (χ0v) is 11.0. The van der Waals surface area contributed by atoms with Crippen molar-refractivity contribution in [2.45, 2.75) is 39.2 Å². The van der Waals surface area contributed by atoms with E-state index in [1.807, 2.05) is 6.20 Å². The molecule has 0 saturated heterocycles. The SMILES string of the molecule is CC(C)(C)c1c[nH]c(=S)n1CCc1ncon1. The van der Waals surface area contributed by atoms with E-state index in [2.05, 4.69) is 40.5 Å². The number of aromatic amines is 1. The van der Waals surface area contributed by atoms with Gasteiger partial charge in [0.15, 0.2) is 10.6 Å². The average molecular weight is 252 g/mol. The van der Waals surface area contributed by atoms with Gasteiger partial charge < -0.3 is 14.1 Å². The summed E-state index contributed by atoms with van der Waals surface area (Å²) in [7, 11) is 0. The fourth-order valence-electron chi connectivity index (χ4n) is 1.75. The topological polar surface area (TPSA) is 59.6 Å². The maximum Gasteiger partial charge on any atom is 0.213 e. The van der Waals surface area contributed by atoms with Crippen LogP contribution in [0.15, 0.2) is 17.1 Å². The summed E-state index contributed by atoms with van der Waals surface area (Å²) >= 11 is 5.28. The predicted octanol–water partition coefficient (Wildman–Crippen LogP) is 2.47. The summed E-state index contributed by atoms with van der Waals surface area (Å²) in [6.07, 6.45) is 4.03. The zero-order chi connectivity index (χ0) is 12.5. The second kappa shape index (κ2) is 4.44. The maximum atomic E-state index is 5.28. The highest BCUT2D eigenvalue weighted by Gasteiger charge is 2.19. The molecule has 0 aliphatic carbocycles. The zero-order valence-electron chi connectivity index (χ0n) is 10.2. The lowest BCUT2D eigenvalue weighted by molar-refractivity contribution is 0.407. The quantitative estimate of drug-likeness (QED) is 0.852. The van der Waals surface area contributed by atoms with Gasteiger partial charge in [-0.25, -0.2) is 0 Å². The van der Waals surface area contributed by atoms with Crippen LogP contribution in [0.3, 0.4) is 0 Å². The standard InChI is InChI=1S/C11H16N4OS/c1-11(2,3)8-6-12-10(17)15(8)5-4-9-13-7-16-14-9/h6-7H,4-5H2,1-3H3,(H,12,17). The van der Waals surface area contributed by atoms with Gasteiger partial charge in [-0.2, -0.15) is 4.98 Å². The summed E-state index contributed by atoms with van der Waals surface area (Å²) in [5, 5.41) is 3.79. The van der Waals surface area contributed by atoms with Gasteiger partial charge in [-0.15, -0.1) is 0 Å². The minimum absolute atomic E-state index is 0.0603. The van der Waals surface area contributed by atoms with Crippen LogP contribution in [0.4, 0.5) is 0 Å². The molecule has 2 heterocycles. The summed E-state index contributed by atoms with van der Waals surface area (Å²) < 4.78 is 7.53. The Morgan fingerprint density at radius 3 is 2.82 bits per heavy atom. The third-order valence-corrected chi connectivity index (χ3v) is 2.94. The number of aryl methyl sites for hydroxylation is 1. The van der Waals surface area contributed by atoms with Crippen LogP contribution in [0.5, 0.6) is 0 Å². The molecule has 0 amide bonds. The highest BCUT2D eigenvalue weighted by molar-refractivity contribution is 7.71. The number of hydrogen-bond acceptors (Lipinski definition) is 4. The Labute approximate surface area is 105 Å². The van der Waals surface area contributed by atoms with Crippen molar-refractivity contribution in [2.75, 3.05) is 0 Å². The minimum atomic E-state index is 0.0603. The molecule has 17 heavy (non-hydrogen) atoms. The molecule has 0 atom stereocenters. The van der Waals surface area contributed by atoms with Crippen LogP contribution < -0.4 is 0 Å². The van der Waals surface area contributed by atoms with Gasteiger partial charge in [0.2, 0.25) is 6.39 Å². The van der Waals surface area contributed by atoms with E-state index < -0.39 is 0 Å². The van der Waals surface area contributed by atoms with E-state index in [-0.39, 0.29) is 5.41 Å². The predicted molar refractivity (Wildman–Crippen MR) is 66.3 cm³/mol. The molecule has 2 aromatic heterocycles. The first-order valence-corrected chi connectivity index (χ1v) is 5.93. The molecule has 0 radical (unpaired) electrons. The number of hydrogen-bond donors (Lipinski definition) is 1. The second-order valence-corrected chi connectivity index (χ2v) is 5.36. The van der Waals surface area contributed by atoms with E-state index in [0.717, 1.165) is 11.3 Å². The second-order valence-electron chi connectivity index (χ2n) is 4.98. The van der Waals surface area contributed by atoms with Gasteiger partial charge in [0.25, 0.3) is 0 Å². The van der Waals surface area contributed by atoms with Crippen molar-refractivity contribution in [2.24, 2.45) is 0 Å². The Bertz CT molecular complexity index is 533. The molecule has 0 fully saturated rings. The van der Waals surface area contributed by atoms with Crippen molar-refractivity contribution >= 4 is 12.2 Å². The molecular weight excluding hydrogens is 236 g/mol. The van der Waals surface area contributed by atoms with Gasteiger partial charge in [-0.3, -0.25) is 0 Å². The molecule has 0 spiro atoms. The van der Waals surface area contributed by atoms with Crippen LogP contribution in [-0.4, -0.2) is 19.7 Å². The summed E-state index contributed by atoms with van der Waals surface area (Å²) in [6.45, 7) is 7.25. The minimum Gasteiger partial charge on any atom is -0.343 e. The largest absolute Gasteiger partial charge is 0.343 e. The monoisotopic (exact) mass is 252 g/mol. The molecule has 92 valence electrons. The summed E-state index contributed by atoms with van der Waals surface area (Å²) in [5.41, 5.74) is 1.25. The summed E-state index contributed by atoms with van der Waals surface area (Å²) in [6, 6.07) is 0. The van der Waals surface area contributed by atoms with Gasteiger partial charge in [0.1, 0.15) is 0 Å². The van der Waals surface area contributed by atoms with Gasteiger partial charge in [0, 0.05) is 30.3 Å². The van der Waals surface area contributed by atoms with Gasteiger partial charge in [-0.1, -0.05) is 25.9 Å². The van der Waals surface area contributed by atoms with Crippen LogP contribution in [0.25, 0.3) is 0 Å². The van der Waals surface area contributed by atoms with E-state index in [0.29, 0.717) is 12.2 Å². The van der Waals surface area contributed by atoms with Crippen molar-refractivity contribution in [1.82, 2.24) is 19.7 Å². The molecule has 0 saturated carbocycles. The maximum absolute atomic E-state index is 5.28. The molecule has 0 aromatic carbocycles. The van der Waals surface area contributed by atoms with Crippen LogP contribution in [0, 0.1) is 4.77 Å². The third kappa shape index (κ3) is 2.63. The van der Waals surface area contributed by atoms with Crippen molar-refractivity contribution < 1.29 is 4.52 Å². The molecular formula is C11H16N4OS. The van der Waals surface area contributed by atoms with Gasteiger partial charge >= 0.3 is 0 Å². The fourth-order valence-corrected chi connectivity index (χ4v) is 2.00. The Morgan fingerprint density at radius 1 is 1.47 bits per heavy atom. The van der Waals surface area contributed by atoms with Crippen molar-refractivity contribution in [3.05, 3.63) is 28.9 Å². The van der Waals surface area contributed by atoms with E-state index in [1.165, 1.54) is 12.1 Å². The molecule has 5 nitrogen and oxygen atoms in total. The van der Waals surface area contributed by atoms with E-state index in [1.54, 1.807) is 0 Å². The number of imidazole rings is 1. The normalized spacial score (nSPS) is 11.9. The molecule has 6 heteroatoms. The molecule has 0 aliphatic rings. The summed E-state index contributed by atoms with van der Waals surface area (Å²) in [4.78, 5) is 7.09. The molecule has 0 bridgehead atoms. The molecule has 0 aliphatic heterocycles. The number of nitrogens with one attached hydrogen (secondary N) is 1. The number of nitrogens with zero attached hydrogens (tertiary/aromatic N) is 3. The summed E-state index contributed by atoms with van der Waals surface area (Å²) in [5.74, 6) is 0.702. The molecule has 2 aromatic rings. The number of aromatic nitrogens is 4. The lowest BCUT2D eigenvalue weighted by Crippen LogP contribution is -2.18. The lowest BCUT2D eigenvalue weighted by atomic mass is 9.92. The van der Waals surface area contributed by atoms with Crippen LogP contribution in [-0.2, 0) is 18.4 Å². The highest BCUT2D eigenvalue weighted by atomic mass is 32.1. The third-order valence-electron chi connectivity index (χ3n) is 2.60. The van der Waals surface area contributed by atoms with Crippen LogP contribution >= 0.6 is 12.2 Å². The lowest BCUT2D eigenvalue weighted by Gasteiger charge is -2.20. The van der Waals surface area contributed by atoms with E-state index in [9.17, 15) is 0 Å². The Hall–Kier alpha value is -1.43. The number of H-pyrrole nitrogens is 1. The van der Waals surface area contributed by atoms with E-state index >= 15 is 0 Å². The highest BCUT2D eigenvalue weighted by Crippen LogP contribution is 2.22. The smallest absolute Gasteiger partial charge is 0.213 e. The van der Waals surface area contributed by atoms with Crippen molar-refractivity contribution in [3.63, 3.8) is 0 Å². The molecule has 0 unspecified atom stereocenters.